The van der Waals surface area contributed by atoms with Crippen LogP contribution in [0.25, 0.3) is 22.6 Å². The van der Waals surface area contributed by atoms with Gasteiger partial charge in [-0.15, -0.1) is 0 Å². The number of benzene rings is 1. The van der Waals surface area contributed by atoms with Crippen LogP contribution in [0.5, 0.6) is 5.75 Å². The molecular weight excluding hydrogens is 332 g/mol. The molecule has 1 aromatic carbocycles. The molecule has 0 amide bonds. The van der Waals surface area contributed by atoms with Gasteiger partial charge in [0.25, 0.3) is 0 Å². The van der Waals surface area contributed by atoms with E-state index in [2.05, 4.69) is 30.4 Å². The number of imidazole rings is 1. The van der Waals surface area contributed by atoms with Crippen LogP contribution >= 0.6 is 0 Å². The summed E-state index contributed by atoms with van der Waals surface area (Å²) in [7, 11) is 0. The van der Waals surface area contributed by atoms with Crippen LogP contribution in [0.15, 0.2) is 41.2 Å². The van der Waals surface area contributed by atoms with Gasteiger partial charge in [0, 0.05) is 0 Å². The van der Waals surface area contributed by atoms with Gasteiger partial charge in [-0.1, -0.05) is 23.4 Å². The Kier molecular flexibility index (Phi) is 4.22. The molecule has 8 nitrogen and oxygen atoms in total. The Bertz CT molecular complexity index is 1010. The molecule has 0 unspecified atom stereocenters. The van der Waals surface area contributed by atoms with Crippen molar-refractivity contribution in [2.24, 2.45) is 0 Å². The van der Waals surface area contributed by atoms with Crippen molar-refractivity contribution >= 4 is 17.0 Å². The summed E-state index contributed by atoms with van der Waals surface area (Å²) >= 11 is 0. The second kappa shape index (κ2) is 6.83. The molecule has 0 aliphatic heterocycles. The number of nitrogens with one attached hydrogen (secondary N) is 2. The van der Waals surface area contributed by atoms with E-state index in [1.54, 1.807) is 0 Å². The Morgan fingerprint density at radius 3 is 2.77 bits per heavy atom. The molecule has 0 fully saturated rings. The Morgan fingerprint density at radius 1 is 1.15 bits per heavy atom. The number of aromatic amines is 1. The van der Waals surface area contributed by atoms with Crippen LogP contribution in [-0.2, 0) is 0 Å². The zero-order valence-corrected chi connectivity index (χ0v) is 14.5. The van der Waals surface area contributed by atoms with Gasteiger partial charge in [-0.2, -0.15) is 0 Å². The van der Waals surface area contributed by atoms with Crippen LogP contribution < -0.4 is 10.1 Å². The molecule has 0 spiro atoms. The van der Waals surface area contributed by atoms with Crippen molar-refractivity contribution < 1.29 is 9.26 Å². The van der Waals surface area contributed by atoms with Gasteiger partial charge in [0.2, 0.25) is 0 Å². The molecule has 0 radical (unpaired) electrons. The molecule has 132 valence electrons. The van der Waals surface area contributed by atoms with Gasteiger partial charge in [-0.05, 0) is 26.0 Å². The predicted octanol–water partition coefficient (Wildman–Crippen LogP) is 3.12. The highest BCUT2D eigenvalue weighted by atomic mass is 16.5. The molecule has 4 aromatic rings. The number of para-hydroxylation sites is 1. The average Bonchev–Trinajstić information content (AvgIpc) is 3.22. The monoisotopic (exact) mass is 350 g/mol. The van der Waals surface area contributed by atoms with Crippen molar-refractivity contribution in [1.82, 2.24) is 25.1 Å². The Morgan fingerprint density at radius 2 is 2.00 bits per heavy atom. The van der Waals surface area contributed by atoms with Gasteiger partial charge >= 0.3 is 0 Å². The highest BCUT2D eigenvalue weighted by Gasteiger charge is 2.17. The van der Waals surface area contributed by atoms with Gasteiger partial charge in [0.05, 0.1) is 17.8 Å². The number of aryl methyl sites for hydroxylation is 2. The van der Waals surface area contributed by atoms with Crippen molar-refractivity contribution in [1.29, 1.82) is 0 Å². The second-order valence-electron chi connectivity index (χ2n) is 5.79. The summed E-state index contributed by atoms with van der Waals surface area (Å²) in [6, 6.07) is 9.69. The minimum absolute atomic E-state index is 0.514. The van der Waals surface area contributed by atoms with Crippen molar-refractivity contribution in [2.75, 3.05) is 18.5 Å². The number of fused-ring (bicyclic) bond motifs is 1. The number of hydrogen-bond acceptors (Lipinski definition) is 7. The van der Waals surface area contributed by atoms with E-state index in [9.17, 15) is 0 Å². The van der Waals surface area contributed by atoms with Gasteiger partial charge in [0.1, 0.15) is 35.8 Å². The summed E-state index contributed by atoms with van der Waals surface area (Å²) in [6.07, 6.45) is 1.49. The van der Waals surface area contributed by atoms with Gasteiger partial charge in [-0.3, -0.25) is 0 Å². The number of anilines is 1. The highest BCUT2D eigenvalue weighted by molar-refractivity contribution is 5.85. The summed E-state index contributed by atoms with van der Waals surface area (Å²) in [5, 5.41) is 7.23. The number of rotatable bonds is 6. The van der Waals surface area contributed by atoms with Crippen LogP contribution in [0.4, 0.5) is 5.82 Å². The molecule has 8 heteroatoms. The number of aromatic nitrogens is 5. The van der Waals surface area contributed by atoms with Gasteiger partial charge < -0.3 is 19.6 Å². The molecule has 0 aliphatic carbocycles. The first-order chi connectivity index (χ1) is 12.7. The number of nitrogens with zero attached hydrogens (tertiary/aromatic N) is 4. The lowest BCUT2D eigenvalue weighted by atomic mass is 10.2. The second-order valence-corrected chi connectivity index (χ2v) is 5.79. The molecule has 0 atom stereocenters. The normalized spacial score (nSPS) is 11.0. The summed E-state index contributed by atoms with van der Waals surface area (Å²) in [6.45, 7) is 4.85. The van der Waals surface area contributed by atoms with E-state index in [0.29, 0.717) is 36.2 Å². The van der Waals surface area contributed by atoms with E-state index >= 15 is 0 Å². The fourth-order valence-corrected chi connectivity index (χ4v) is 2.76. The fourth-order valence-electron chi connectivity index (χ4n) is 2.76. The molecule has 0 saturated heterocycles. The minimum Gasteiger partial charge on any atom is -0.492 e. The van der Waals surface area contributed by atoms with E-state index < -0.39 is 0 Å². The Labute approximate surface area is 149 Å². The smallest absolute Gasteiger partial charge is 0.183 e. The van der Waals surface area contributed by atoms with Crippen LogP contribution in [0, 0.1) is 13.8 Å². The first-order valence-corrected chi connectivity index (χ1v) is 8.28. The number of H-pyrrole nitrogens is 1. The quantitative estimate of drug-likeness (QED) is 0.515. The SMILES string of the molecule is Cc1noc(C)c1-c1nc2ncnc(NCCOc3ccccc3)c2[nH]1. The Hall–Kier alpha value is -3.42. The third-order valence-electron chi connectivity index (χ3n) is 3.96. The van der Waals surface area contributed by atoms with Crippen molar-refractivity contribution in [2.45, 2.75) is 13.8 Å². The lowest BCUT2D eigenvalue weighted by Gasteiger charge is -2.08. The molecule has 0 bridgehead atoms. The first kappa shape index (κ1) is 16.1. The molecular formula is C18H18N6O2. The van der Waals surface area contributed by atoms with Crippen molar-refractivity contribution in [3.8, 4) is 17.1 Å². The standard InChI is InChI=1S/C18H18N6O2/c1-11-14(12(2)26-24-11)16-22-15-17(20-10-21-18(15)23-16)19-8-9-25-13-6-4-3-5-7-13/h3-7,10H,8-9H2,1-2H3,(H2,19,20,21,22,23). The van der Waals surface area contributed by atoms with E-state index in [1.165, 1.54) is 6.33 Å². The maximum absolute atomic E-state index is 5.68. The number of hydrogen-bond donors (Lipinski definition) is 2. The van der Waals surface area contributed by atoms with Gasteiger partial charge in [-0.25, -0.2) is 15.0 Å². The van der Waals surface area contributed by atoms with Crippen LogP contribution in [0.3, 0.4) is 0 Å². The third kappa shape index (κ3) is 3.08. The zero-order chi connectivity index (χ0) is 17.9. The number of ether oxygens (including phenoxy) is 1. The van der Waals surface area contributed by atoms with E-state index in [4.69, 9.17) is 9.26 Å². The fraction of sp³-hybridized carbons (Fsp3) is 0.222. The summed E-state index contributed by atoms with van der Waals surface area (Å²) in [4.78, 5) is 16.3. The summed E-state index contributed by atoms with van der Waals surface area (Å²) in [5.74, 6) is 2.89. The van der Waals surface area contributed by atoms with E-state index in [-0.39, 0.29) is 0 Å². The lowest BCUT2D eigenvalue weighted by molar-refractivity contribution is 0.333. The Balaban J connectivity index is 1.51. The maximum atomic E-state index is 5.68. The summed E-state index contributed by atoms with van der Waals surface area (Å²) in [5.41, 5.74) is 2.95. The largest absolute Gasteiger partial charge is 0.492 e. The molecule has 4 rings (SSSR count). The van der Waals surface area contributed by atoms with E-state index in [1.807, 2.05) is 44.2 Å². The van der Waals surface area contributed by atoms with Crippen LogP contribution in [0.2, 0.25) is 0 Å². The summed E-state index contributed by atoms with van der Waals surface area (Å²) < 4.78 is 10.9. The molecule has 0 saturated carbocycles. The van der Waals surface area contributed by atoms with E-state index in [0.717, 1.165) is 22.5 Å². The van der Waals surface area contributed by atoms with Crippen LogP contribution in [0.1, 0.15) is 11.5 Å². The predicted molar refractivity (Wildman–Crippen MR) is 97.1 cm³/mol. The average molecular weight is 350 g/mol. The third-order valence-corrected chi connectivity index (χ3v) is 3.96. The topological polar surface area (TPSA) is 102 Å². The highest BCUT2D eigenvalue weighted by Crippen LogP contribution is 2.27. The molecule has 3 heterocycles. The molecule has 0 aliphatic rings. The maximum Gasteiger partial charge on any atom is 0.183 e. The zero-order valence-electron chi connectivity index (χ0n) is 14.5. The molecule has 3 aromatic heterocycles. The van der Waals surface area contributed by atoms with Crippen molar-refractivity contribution in [3.63, 3.8) is 0 Å². The minimum atomic E-state index is 0.514. The lowest BCUT2D eigenvalue weighted by Crippen LogP contribution is -2.12. The first-order valence-electron chi connectivity index (χ1n) is 8.28. The van der Waals surface area contributed by atoms with Crippen molar-refractivity contribution in [3.05, 3.63) is 48.1 Å². The van der Waals surface area contributed by atoms with Crippen LogP contribution in [-0.4, -0.2) is 38.2 Å². The molecule has 2 N–H and O–H groups in total. The molecule has 26 heavy (non-hydrogen) atoms. The van der Waals surface area contributed by atoms with Gasteiger partial charge in [0.15, 0.2) is 11.5 Å².